The number of nitrogens with zero attached hydrogens (tertiary/aromatic N) is 4. The van der Waals surface area contributed by atoms with Crippen molar-refractivity contribution in [3.8, 4) is 0 Å². The van der Waals surface area contributed by atoms with Gasteiger partial charge in [0.25, 0.3) is 0 Å². The Morgan fingerprint density at radius 2 is 1.96 bits per heavy atom. The summed E-state index contributed by atoms with van der Waals surface area (Å²) < 4.78 is 29.4. The Bertz CT molecular complexity index is 717. The molecule has 2 atom stereocenters. The molecule has 0 aromatic carbocycles. The molecule has 1 saturated carbocycles. The van der Waals surface area contributed by atoms with E-state index in [1.54, 1.807) is 10.5 Å². The summed E-state index contributed by atoms with van der Waals surface area (Å²) >= 11 is 0. The third-order valence-electron chi connectivity index (χ3n) is 6.85. The molecule has 8 heteroatoms. The molecule has 7 nitrogen and oxygen atoms in total. The second kappa shape index (κ2) is 7.81. The lowest BCUT2D eigenvalue weighted by Gasteiger charge is -2.27. The maximum atomic E-state index is 12.9. The zero-order chi connectivity index (χ0) is 18.9. The SMILES string of the molecule is O=S(=O)(CC1CCCC1)N1CC2CN(CCCn3cccn3)CC2(CO)C1. The first-order valence-electron chi connectivity index (χ1n) is 10.3. The average molecular weight is 397 g/mol. The lowest BCUT2D eigenvalue weighted by atomic mass is 9.82. The zero-order valence-corrected chi connectivity index (χ0v) is 16.9. The number of hydrogen-bond acceptors (Lipinski definition) is 5. The van der Waals surface area contributed by atoms with Gasteiger partial charge >= 0.3 is 0 Å². The summed E-state index contributed by atoms with van der Waals surface area (Å²) in [6.45, 7) is 4.67. The molecule has 27 heavy (non-hydrogen) atoms. The molecule has 1 aromatic heterocycles. The molecule has 3 aliphatic rings. The van der Waals surface area contributed by atoms with Gasteiger partial charge in [0.05, 0.1) is 12.4 Å². The van der Waals surface area contributed by atoms with Crippen LogP contribution in [0, 0.1) is 17.3 Å². The number of aliphatic hydroxyl groups is 1. The van der Waals surface area contributed by atoms with E-state index in [1.807, 2.05) is 16.9 Å². The maximum Gasteiger partial charge on any atom is 0.214 e. The van der Waals surface area contributed by atoms with Crippen molar-refractivity contribution in [2.75, 3.05) is 45.1 Å². The van der Waals surface area contributed by atoms with Crippen molar-refractivity contribution in [1.82, 2.24) is 19.0 Å². The number of sulfonamides is 1. The smallest absolute Gasteiger partial charge is 0.214 e. The number of aliphatic hydroxyl groups excluding tert-OH is 1. The largest absolute Gasteiger partial charge is 0.396 e. The van der Waals surface area contributed by atoms with Crippen molar-refractivity contribution >= 4 is 10.0 Å². The lowest BCUT2D eigenvalue weighted by Crippen LogP contribution is -2.40. The molecule has 0 amide bonds. The molecule has 4 rings (SSSR count). The van der Waals surface area contributed by atoms with E-state index in [4.69, 9.17) is 0 Å². The fourth-order valence-electron chi connectivity index (χ4n) is 5.32. The van der Waals surface area contributed by atoms with Crippen molar-refractivity contribution in [3.05, 3.63) is 18.5 Å². The van der Waals surface area contributed by atoms with Gasteiger partial charge in [0.1, 0.15) is 0 Å². The fourth-order valence-corrected chi connectivity index (χ4v) is 7.32. The molecule has 1 aliphatic carbocycles. The number of aromatic nitrogens is 2. The van der Waals surface area contributed by atoms with Gasteiger partial charge in [-0.1, -0.05) is 12.8 Å². The highest BCUT2D eigenvalue weighted by molar-refractivity contribution is 7.89. The maximum absolute atomic E-state index is 12.9. The molecule has 152 valence electrons. The van der Waals surface area contributed by atoms with Crippen LogP contribution in [0.4, 0.5) is 0 Å². The highest BCUT2D eigenvalue weighted by atomic mass is 32.2. The molecule has 0 radical (unpaired) electrons. The van der Waals surface area contributed by atoms with Gasteiger partial charge in [0.15, 0.2) is 0 Å². The number of aryl methyl sites for hydroxylation is 1. The van der Waals surface area contributed by atoms with Crippen LogP contribution in [0.15, 0.2) is 18.5 Å². The predicted octanol–water partition coefficient (Wildman–Crippen LogP) is 1.02. The van der Waals surface area contributed by atoms with Crippen LogP contribution in [-0.2, 0) is 16.6 Å². The zero-order valence-electron chi connectivity index (χ0n) is 16.0. The van der Waals surface area contributed by atoms with Crippen molar-refractivity contribution in [1.29, 1.82) is 0 Å². The van der Waals surface area contributed by atoms with E-state index in [1.165, 1.54) is 0 Å². The van der Waals surface area contributed by atoms with Crippen molar-refractivity contribution < 1.29 is 13.5 Å². The topological polar surface area (TPSA) is 78.7 Å². The van der Waals surface area contributed by atoms with Gasteiger partial charge in [-0.05, 0) is 43.7 Å². The Labute approximate surface area is 162 Å². The fraction of sp³-hybridized carbons (Fsp3) is 0.842. The van der Waals surface area contributed by atoms with Crippen LogP contribution in [0.1, 0.15) is 32.1 Å². The van der Waals surface area contributed by atoms with Crippen LogP contribution >= 0.6 is 0 Å². The van der Waals surface area contributed by atoms with Crippen LogP contribution in [-0.4, -0.2) is 77.6 Å². The van der Waals surface area contributed by atoms with Crippen molar-refractivity contribution in [2.45, 2.75) is 38.6 Å². The highest BCUT2D eigenvalue weighted by Crippen LogP contribution is 2.43. The summed E-state index contributed by atoms with van der Waals surface area (Å²) in [4.78, 5) is 2.39. The van der Waals surface area contributed by atoms with Gasteiger partial charge in [-0.2, -0.15) is 5.10 Å². The highest BCUT2D eigenvalue weighted by Gasteiger charge is 2.54. The van der Waals surface area contributed by atoms with Gasteiger partial charge < -0.3 is 10.0 Å². The minimum absolute atomic E-state index is 0.0722. The van der Waals surface area contributed by atoms with E-state index < -0.39 is 10.0 Å². The molecular formula is C19H32N4O3S. The quantitative estimate of drug-likeness (QED) is 0.710. The van der Waals surface area contributed by atoms with Gasteiger partial charge in [-0.15, -0.1) is 0 Å². The molecule has 0 spiro atoms. The predicted molar refractivity (Wildman–Crippen MR) is 104 cm³/mol. The van der Waals surface area contributed by atoms with Gasteiger partial charge in [0.2, 0.25) is 10.0 Å². The molecule has 2 unspecified atom stereocenters. The Balaban J connectivity index is 1.32. The second-order valence-electron chi connectivity index (χ2n) is 8.80. The molecule has 2 saturated heterocycles. The summed E-state index contributed by atoms with van der Waals surface area (Å²) in [7, 11) is -3.21. The summed E-state index contributed by atoms with van der Waals surface area (Å²) in [5.74, 6) is 0.874. The number of fused-ring (bicyclic) bond motifs is 1. The van der Waals surface area contributed by atoms with Crippen LogP contribution in [0.25, 0.3) is 0 Å². The van der Waals surface area contributed by atoms with Gasteiger partial charge in [-0.3, -0.25) is 4.68 Å². The minimum atomic E-state index is -3.21. The van der Waals surface area contributed by atoms with Gasteiger partial charge in [-0.25, -0.2) is 12.7 Å². The van der Waals surface area contributed by atoms with E-state index in [2.05, 4.69) is 10.00 Å². The monoisotopic (exact) mass is 396 g/mol. The van der Waals surface area contributed by atoms with E-state index in [9.17, 15) is 13.5 Å². The minimum Gasteiger partial charge on any atom is -0.396 e. The van der Waals surface area contributed by atoms with E-state index >= 15 is 0 Å². The van der Waals surface area contributed by atoms with E-state index in [0.29, 0.717) is 24.8 Å². The van der Waals surface area contributed by atoms with Crippen molar-refractivity contribution in [3.63, 3.8) is 0 Å². The molecule has 3 fully saturated rings. The average Bonchev–Trinajstić information content (AvgIpc) is 3.38. The van der Waals surface area contributed by atoms with Gasteiger partial charge in [0, 0.05) is 50.5 Å². The first-order chi connectivity index (χ1) is 13.0. The number of likely N-dealkylation sites (tertiary alicyclic amines) is 1. The summed E-state index contributed by atoms with van der Waals surface area (Å²) in [6.07, 6.45) is 9.20. The molecule has 1 aromatic rings. The third kappa shape index (κ3) is 4.09. The van der Waals surface area contributed by atoms with Crippen LogP contribution in [0.2, 0.25) is 0 Å². The van der Waals surface area contributed by atoms with E-state index in [-0.39, 0.29) is 17.9 Å². The number of rotatable bonds is 8. The summed E-state index contributed by atoms with van der Waals surface area (Å²) in [5, 5.41) is 14.4. The first-order valence-corrected chi connectivity index (χ1v) is 11.9. The number of hydrogen-bond donors (Lipinski definition) is 1. The second-order valence-corrected chi connectivity index (χ2v) is 10.8. The Morgan fingerprint density at radius 3 is 2.63 bits per heavy atom. The molecule has 1 N–H and O–H groups in total. The molecule has 3 heterocycles. The molecule has 2 aliphatic heterocycles. The summed E-state index contributed by atoms with van der Waals surface area (Å²) in [6, 6.07) is 1.93. The Kier molecular flexibility index (Phi) is 5.60. The molecular weight excluding hydrogens is 364 g/mol. The van der Waals surface area contributed by atoms with Crippen molar-refractivity contribution in [2.24, 2.45) is 17.3 Å². The normalized spacial score (nSPS) is 30.3. The Hall–Kier alpha value is -0.960. The van der Waals surface area contributed by atoms with Crippen LogP contribution in [0.3, 0.4) is 0 Å². The van der Waals surface area contributed by atoms with E-state index in [0.717, 1.165) is 58.3 Å². The van der Waals surface area contributed by atoms with Crippen LogP contribution in [0.5, 0.6) is 0 Å². The summed E-state index contributed by atoms with van der Waals surface area (Å²) in [5.41, 5.74) is -0.283. The molecule has 0 bridgehead atoms. The first kappa shape index (κ1) is 19.4. The standard InChI is InChI=1S/C19H32N4O3S/c24-16-19-14-21(8-4-10-22-9-3-7-20-22)11-18(19)12-23(15-19)27(25,26)13-17-5-1-2-6-17/h3,7,9,17-18,24H,1-2,4-6,8,10-16H2. The lowest BCUT2D eigenvalue weighted by molar-refractivity contribution is 0.119. The third-order valence-corrected chi connectivity index (χ3v) is 8.81. The van der Waals surface area contributed by atoms with Crippen LogP contribution < -0.4 is 0 Å². The Morgan fingerprint density at radius 1 is 1.15 bits per heavy atom.